The van der Waals surface area contributed by atoms with Crippen molar-refractivity contribution in [1.29, 1.82) is 0 Å². The number of carbonyl (C=O) groups is 1. The number of amides is 1. The SMILES string of the molecule is CN(C)c1nc(N[C@H]2CC[C@@H](NC(=O)c3cccc(Oc4ccccc4)c3)CC2)nc2ccccc12. The molecule has 1 saturated carbocycles. The second-order valence-corrected chi connectivity index (χ2v) is 9.39. The van der Waals surface area contributed by atoms with E-state index in [1.165, 1.54) is 0 Å². The largest absolute Gasteiger partial charge is 0.457 e. The van der Waals surface area contributed by atoms with Crippen LogP contribution in [-0.4, -0.2) is 42.1 Å². The van der Waals surface area contributed by atoms with Crippen LogP contribution >= 0.6 is 0 Å². The minimum atomic E-state index is -0.0709. The molecule has 0 spiro atoms. The number of nitrogens with zero attached hydrogens (tertiary/aromatic N) is 3. The number of para-hydroxylation sites is 2. The molecular formula is C29H31N5O2. The van der Waals surface area contributed by atoms with Gasteiger partial charge in [-0.15, -0.1) is 0 Å². The van der Waals surface area contributed by atoms with Crippen LogP contribution in [0.1, 0.15) is 36.0 Å². The number of fused-ring (bicyclic) bond motifs is 1. The quantitative estimate of drug-likeness (QED) is 0.356. The van der Waals surface area contributed by atoms with Gasteiger partial charge in [-0.3, -0.25) is 4.79 Å². The molecule has 2 N–H and O–H groups in total. The molecule has 7 nitrogen and oxygen atoms in total. The maximum absolute atomic E-state index is 12.9. The summed E-state index contributed by atoms with van der Waals surface area (Å²) in [6, 6.07) is 25.4. The monoisotopic (exact) mass is 481 g/mol. The standard InChI is InChI=1S/C29H31N5O2/c1-34(2)27-25-13-6-7-14-26(25)32-29(33-27)31-22-17-15-21(16-18-22)30-28(35)20-9-8-12-24(19-20)36-23-10-4-3-5-11-23/h3-14,19,21-22H,15-18H2,1-2H3,(H,30,35)(H,31,32,33)/t21-,22+. The second-order valence-electron chi connectivity index (χ2n) is 9.39. The molecule has 1 aliphatic rings. The molecule has 0 bridgehead atoms. The number of aromatic nitrogens is 2. The molecule has 0 radical (unpaired) electrons. The van der Waals surface area contributed by atoms with E-state index in [0.717, 1.165) is 48.2 Å². The molecule has 1 amide bonds. The molecule has 1 heterocycles. The van der Waals surface area contributed by atoms with E-state index in [0.29, 0.717) is 17.3 Å². The zero-order valence-electron chi connectivity index (χ0n) is 20.6. The first-order valence-electron chi connectivity index (χ1n) is 12.4. The lowest BCUT2D eigenvalue weighted by molar-refractivity contribution is 0.0926. The van der Waals surface area contributed by atoms with E-state index in [1.807, 2.05) is 91.8 Å². The summed E-state index contributed by atoms with van der Waals surface area (Å²) < 4.78 is 5.88. The third-order valence-electron chi connectivity index (χ3n) is 6.48. The van der Waals surface area contributed by atoms with Crippen LogP contribution in [-0.2, 0) is 0 Å². The van der Waals surface area contributed by atoms with E-state index in [4.69, 9.17) is 14.7 Å². The molecule has 1 aromatic heterocycles. The molecule has 0 atom stereocenters. The molecule has 7 heteroatoms. The summed E-state index contributed by atoms with van der Waals surface area (Å²) in [7, 11) is 3.99. The fourth-order valence-electron chi connectivity index (χ4n) is 4.62. The highest BCUT2D eigenvalue weighted by Crippen LogP contribution is 2.27. The highest BCUT2D eigenvalue weighted by atomic mass is 16.5. The van der Waals surface area contributed by atoms with Crippen molar-refractivity contribution in [3.8, 4) is 11.5 Å². The zero-order valence-corrected chi connectivity index (χ0v) is 20.6. The zero-order chi connectivity index (χ0) is 24.9. The Hall–Kier alpha value is -4.13. The van der Waals surface area contributed by atoms with Crippen molar-refractivity contribution < 1.29 is 9.53 Å². The van der Waals surface area contributed by atoms with Crippen LogP contribution in [0.5, 0.6) is 11.5 Å². The lowest BCUT2D eigenvalue weighted by atomic mass is 9.91. The van der Waals surface area contributed by atoms with E-state index in [-0.39, 0.29) is 18.0 Å². The van der Waals surface area contributed by atoms with E-state index in [9.17, 15) is 4.79 Å². The summed E-state index contributed by atoms with van der Waals surface area (Å²) in [5.41, 5.74) is 1.53. The van der Waals surface area contributed by atoms with Crippen molar-refractivity contribution >= 4 is 28.6 Å². The number of anilines is 2. The Bertz CT molecular complexity index is 1330. The van der Waals surface area contributed by atoms with Crippen molar-refractivity contribution in [2.75, 3.05) is 24.3 Å². The first-order chi connectivity index (χ1) is 17.5. The Morgan fingerprint density at radius 1 is 0.833 bits per heavy atom. The van der Waals surface area contributed by atoms with Crippen LogP contribution in [0.25, 0.3) is 10.9 Å². The van der Waals surface area contributed by atoms with Gasteiger partial charge in [0.2, 0.25) is 5.95 Å². The van der Waals surface area contributed by atoms with Gasteiger partial charge >= 0.3 is 0 Å². The lowest BCUT2D eigenvalue weighted by Gasteiger charge is -2.30. The number of benzene rings is 3. The van der Waals surface area contributed by atoms with Crippen LogP contribution in [0.2, 0.25) is 0 Å². The normalized spacial score (nSPS) is 17.4. The van der Waals surface area contributed by atoms with Gasteiger partial charge in [0, 0.05) is 37.1 Å². The van der Waals surface area contributed by atoms with Crippen LogP contribution in [0, 0.1) is 0 Å². The summed E-state index contributed by atoms with van der Waals surface area (Å²) in [6.07, 6.45) is 3.68. The molecule has 5 rings (SSSR count). The topological polar surface area (TPSA) is 79.4 Å². The molecule has 1 fully saturated rings. The molecule has 0 aliphatic heterocycles. The highest BCUT2D eigenvalue weighted by molar-refractivity contribution is 5.94. The van der Waals surface area contributed by atoms with Crippen molar-refractivity contribution in [2.45, 2.75) is 37.8 Å². The molecule has 184 valence electrons. The number of hydrogen-bond acceptors (Lipinski definition) is 6. The van der Waals surface area contributed by atoms with Gasteiger partial charge in [-0.1, -0.05) is 36.4 Å². The third kappa shape index (κ3) is 5.57. The number of nitrogens with one attached hydrogen (secondary N) is 2. The van der Waals surface area contributed by atoms with Gasteiger partial charge in [0.15, 0.2) is 0 Å². The van der Waals surface area contributed by atoms with Gasteiger partial charge in [-0.25, -0.2) is 4.98 Å². The Morgan fingerprint density at radius 2 is 1.53 bits per heavy atom. The predicted octanol–water partition coefficient (Wildman–Crippen LogP) is 5.64. The summed E-state index contributed by atoms with van der Waals surface area (Å²) >= 11 is 0. The first-order valence-corrected chi connectivity index (χ1v) is 12.4. The molecule has 0 saturated heterocycles. The smallest absolute Gasteiger partial charge is 0.251 e. The predicted molar refractivity (Wildman–Crippen MR) is 144 cm³/mol. The Kier molecular flexibility index (Phi) is 6.98. The molecule has 1 aliphatic carbocycles. The molecular weight excluding hydrogens is 450 g/mol. The van der Waals surface area contributed by atoms with Crippen LogP contribution < -0.4 is 20.3 Å². The summed E-state index contributed by atoms with van der Waals surface area (Å²) in [5, 5.41) is 7.76. The molecule has 4 aromatic rings. The number of ether oxygens (including phenoxy) is 1. The Labute approximate surface area is 211 Å². The van der Waals surface area contributed by atoms with Crippen molar-refractivity contribution in [3.05, 3.63) is 84.4 Å². The number of rotatable bonds is 7. The highest BCUT2D eigenvalue weighted by Gasteiger charge is 2.24. The molecule has 3 aromatic carbocycles. The van der Waals surface area contributed by atoms with Gasteiger partial charge in [0.25, 0.3) is 5.91 Å². The summed E-state index contributed by atoms with van der Waals surface area (Å²) in [6.45, 7) is 0. The van der Waals surface area contributed by atoms with Gasteiger partial charge in [0.1, 0.15) is 17.3 Å². The Morgan fingerprint density at radius 3 is 2.31 bits per heavy atom. The summed E-state index contributed by atoms with van der Waals surface area (Å²) in [4.78, 5) is 24.4. The average molecular weight is 482 g/mol. The van der Waals surface area contributed by atoms with Crippen molar-refractivity contribution in [1.82, 2.24) is 15.3 Å². The minimum absolute atomic E-state index is 0.0709. The van der Waals surface area contributed by atoms with E-state index < -0.39 is 0 Å². The van der Waals surface area contributed by atoms with Crippen molar-refractivity contribution in [2.24, 2.45) is 0 Å². The van der Waals surface area contributed by atoms with Gasteiger partial charge < -0.3 is 20.3 Å². The van der Waals surface area contributed by atoms with Crippen LogP contribution in [0.4, 0.5) is 11.8 Å². The van der Waals surface area contributed by atoms with Crippen molar-refractivity contribution in [3.63, 3.8) is 0 Å². The summed E-state index contributed by atoms with van der Waals surface area (Å²) in [5.74, 6) is 2.88. The lowest BCUT2D eigenvalue weighted by Crippen LogP contribution is -2.40. The minimum Gasteiger partial charge on any atom is -0.457 e. The first kappa shape index (κ1) is 23.6. The maximum atomic E-state index is 12.9. The van der Waals surface area contributed by atoms with Gasteiger partial charge in [-0.05, 0) is 68.1 Å². The Balaban J connectivity index is 1.17. The van der Waals surface area contributed by atoms with E-state index in [1.54, 1.807) is 6.07 Å². The fourth-order valence-corrected chi connectivity index (χ4v) is 4.62. The van der Waals surface area contributed by atoms with E-state index >= 15 is 0 Å². The van der Waals surface area contributed by atoms with Crippen LogP contribution in [0.15, 0.2) is 78.9 Å². The second kappa shape index (κ2) is 10.6. The van der Waals surface area contributed by atoms with E-state index in [2.05, 4.69) is 10.6 Å². The van der Waals surface area contributed by atoms with Gasteiger partial charge in [0.05, 0.1) is 5.52 Å². The molecule has 36 heavy (non-hydrogen) atoms. The van der Waals surface area contributed by atoms with Crippen LogP contribution in [0.3, 0.4) is 0 Å². The molecule has 0 unspecified atom stereocenters. The van der Waals surface area contributed by atoms with Gasteiger partial charge in [-0.2, -0.15) is 4.98 Å². The number of hydrogen-bond donors (Lipinski definition) is 2. The average Bonchev–Trinajstić information content (AvgIpc) is 2.90. The fraction of sp³-hybridized carbons (Fsp3) is 0.276. The third-order valence-corrected chi connectivity index (χ3v) is 6.48. The maximum Gasteiger partial charge on any atom is 0.251 e. The number of carbonyl (C=O) groups excluding carboxylic acids is 1.